The topological polar surface area (TPSA) is 59.1 Å². The highest BCUT2D eigenvalue weighted by atomic mass is 19.4. The molecule has 1 unspecified atom stereocenters. The number of aromatic nitrogens is 1. The van der Waals surface area contributed by atoms with E-state index in [0.717, 1.165) is 35.6 Å². The Balaban J connectivity index is 0.000000788. The maximum atomic E-state index is 13.3. The maximum absolute atomic E-state index is 13.3. The third-order valence-corrected chi connectivity index (χ3v) is 5.99. The van der Waals surface area contributed by atoms with Crippen LogP contribution in [0.5, 0.6) is 0 Å². The van der Waals surface area contributed by atoms with Crippen LogP contribution in [0.3, 0.4) is 0 Å². The van der Waals surface area contributed by atoms with Gasteiger partial charge in [-0.2, -0.15) is 13.2 Å². The number of nitrogens with zero attached hydrogens (tertiary/aromatic N) is 1. The van der Waals surface area contributed by atoms with E-state index in [9.17, 15) is 31.1 Å². The third-order valence-electron chi connectivity index (χ3n) is 5.99. The summed E-state index contributed by atoms with van der Waals surface area (Å²) in [4.78, 5) is 26.2. The number of nitrogens with one attached hydrogen (secondary N) is 1. The van der Waals surface area contributed by atoms with Gasteiger partial charge in [0, 0.05) is 28.1 Å². The summed E-state index contributed by atoms with van der Waals surface area (Å²) in [5, 5.41) is 3.98. The first-order valence-electron chi connectivity index (χ1n) is 12.6. The number of pyridine rings is 1. The van der Waals surface area contributed by atoms with Crippen molar-refractivity contribution < 1.29 is 35.9 Å². The summed E-state index contributed by atoms with van der Waals surface area (Å²) in [6, 6.07) is 14.2. The van der Waals surface area contributed by atoms with Crippen molar-refractivity contribution in [1.82, 2.24) is 10.3 Å². The monoisotopic (exact) mass is 568 g/mol. The van der Waals surface area contributed by atoms with Gasteiger partial charge < -0.3 is 10.1 Å². The number of fused-ring (bicyclic) bond motifs is 1. The standard InChI is InChI=1S/C26H26F2N2O.C2H4O.CHF3.CH3F/c1-3-17-12-20(15-21(13-17)25(27)28)24-10-8-18-14-19(9-11-23(18)29-24)26(31)30-22-7-5-4-6-16(22)2;1-2-3;2-1(3)4;1-2/h4-5,8-16,22,25H,3,6-7H2,1-2H3,(H,30,31);2H,1H3;1H;1H3/t16-,22?;;;/m1.../s1. The van der Waals surface area contributed by atoms with Crippen molar-refractivity contribution in [1.29, 1.82) is 0 Å². The minimum Gasteiger partial charge on any atom is -0.349 e. The average molecular weight is 569 g/mol. The smallest absolute Gasteiger partial charge is 0.349 e. The SMILES string of the molecule is CC=O.CCc1cc(-c2ccc3cc(C(=O)NC4CC=CC[C@H]4C)ccc3n2)cc(C(F)F)c1.CF.FC(F)F. The summed E-state index contributed by atoms with van der Waals surface area (Å²) < 4.78 is 65.1. The summed E-state index contributed by atoms with van der Waals surface area (Å²) in [5.41, 5.74) is 3.51. The molecule has 0 radical (unpaired) electrons. The van der Waals surface area contributed by atoms with Gasteiger partial charge in [-0.25, -0.2) is 13.8 Å². The lowest BCUT2D eigenvalue weighted by atomic mass is 9.90. The largest absolute Gasteiger partial charge is 0.379 e. The van der Waals surface area contributed by atoms with Gasteiger partial charge in [0.15, 0.2) is 0 Å². The summed E-state index contributed by atoms with van der Waals surface area (Å²) in [5.74, 6) is 0.325. The molecule has 0 saturated carbocycles. The summed E-state index contributed by atoms with van der Waals surface area (Å²) in [6.07, 6.45) is 5.01. The molecule has 1 heterocycles. The zero-order valence-corrected chi connectivity index (χ0v) is 22.8. The van der Waals surface area contributed by atoms with Gasteiger partial charge in [0.2, 0.25) is 0 Å². The van der Waals surface area contributed by atoms with Crippen molar-refractivity contribution >= 4 is 23.1 Å². The molecule has 218 valence electrons. The molecular weight excluding hydrogens is 534 g/mol. The highest BCUT2D eigenvalue weighted by Crippen LogP contribution is 2.28. The first-order valence-corrected chi connectivity index (χ1v) is 12.6. The number of hydrogen-bond donors (Lipinski definition) is 1. The first-order chi connectivity index (χ1) is 19.1. The van der Waals surface area contributed by atoms with E-state index in [-0.39, 0.29) is 17.5 Å². The number of allylic oxidation sites excluding steroid dienone is 1. The second-order valence-corrected chi connectivity index (χ2v) is 8.70. The van der Waals surface area contributed by atoms with Crippen LogP contribution in [-0.4, -0.2) is 37.1 Å². The van der Waals surface area contributed by atoms with Crippen LogP contribution in [0, 0.1) is 5.92 Å². The molecule has 1 aliphatic carbocycles. The minimum atomic E-state index is -3.67. The predicted octanol–water partition coefficient (Wildman–Crippen LogP) is 8.46. The fourth-order valence-corrected chi connectivity index (χ4v) is 4.03. The molecule has 0 fully saturated rings. The molecule has 10 heteroatoms. The molecule has 1 N–H and O–H groups in total. The zero-order valence-electron chi connectivity index (χ0n) is 22.8. The fraction of sp³-hybridized carbons (Fsp3) is 0.367. The summed E-state index contributed by atoms with van der Waals surface area (Å²) >= 11 is 0. The Labute approximate surface area is 230 Å². The second kappa shape index (κ2) is 17.8. The van der Waals surface area contributed by atoms with Gasteiger partial charge in [0.1, 0.15) is 6.29 Å². The van der Waals surface area contributed by atoms with Crippen LogP contribution in [-0.2, 0) is 11.2 Å². The fourth-order valence-electron chi connectivity index (χ4n) is 4.03. The van der Waals surface area contributed by atoms with Crippen LogP contribution in [0.4, 0.5) is 26.3 Å². The first kappa shape index (κ1) is 34.3. The Morgan fingerprint density at radius 2 is 1.62 bits per heavy atom. The molecule has 0 saturated heterocycles. The molecule has 2 aromatic carbocycles. The Kier molecular flexibility index (Phi) is 15.3. The van der Waals surface area contributed by atoms with Crippen LogP contribution in [0.2, 0.25) is 0 Å². The summed E-state index contributed by atoms with van der Waals surface area (Å²) in [6.45, 7) is 1.87. The molecule has 2 atom stereocenters. The highest BCUT2D eigenvalue weighted by molar-refractivity contribution is 5.98. The van der Waals surface area contributed by atoms with E-state index in [0.29, 0.717) is 36.3 Å². The van der Waals surface area contributed by atoms with E-state index in [1.54, 1.807) is 12.1 Å². The number of amides is 1. The van der Waals surface area contributed by atoms with Crippen molar-refractivity contribution in [3.63, 3.8) is 0 Å². The van der Waals surface area contributed by atoms with E-state index in [2.05, 4.69) is 29.4 Å². The molecule has 40 heavy (non-hydrogen) atoms. The van der Waals surface area contributed by atoms with Crippen molar-refractivity contribution in [2.24, 2.45) is 5.92 Å². The molecule has 0 bridgehead atoms. The maximum Gasteiger partial charge on any atom is 0.379 e. The number of alkyl halides is 6. The van der Waals surface area contributed by atoms with Gasteiger partial charge in [-0.1, -0.05) is 38.1 Å². The quantitative estimate of drug-likeness (QED) is 0.191. The van der Waals surface area contributed by atoms with E-state index < -0.39 is 13.1 Å². The van der Waals surface area contributed by atoms with Gasteiger partial charge in [-0.15, -0.1) is 0 Å². The Morgan fingerprint density at radius 3 is 2.20 bits per heavy atom. The van der Waals surface area contributed by atoms with Crippen molar-refractivity contribution in [2.45, 2.75) is 59.2 Å². The van der Waals surface area contributed by atoms with Crippen LogP contribution < -0.4 is 5.32 Å². The van der Waals surface area contributed by atoms with Gasteiger partial charge in [0.25, 0.3) is 12.3 Å². The van der Waals surface area contributed by atoms with Crippen molar-refractivity contribution in [2.75, 3.05) is 7.18 Å². The molecule has 1 aliphatic rings. The van der Waals surface area contributed by atoms with Crippen LogP contribution in [0.1, 0.15) is 61.5 Å². The molecule has 4 rings (SSSR count). The van der Waals surface area contributed by atoms with Crippen LogP contribution in [0.15, 0.2) is 60.7 Å². The number of carbonyl (C=O) groups excluding carboxylic acids is 2. The zero-order chi connectivity index (χ0) is 30.2. The average Bonchev–Trinajstić information content (AvgIpc) is 2.94. The number of rotatable bonds is 5. The van der Waals surface area contributed by atoms with Gasteiger partial charge >= 0.3 is 6.68 Å². The Morgan fingerprint density at radius 1 is 1.00 bits per heavy atom. The van der Waals surface area contributed by atoms with E-state index in [1.165, 1.54) is 13.0 Å². The third kappa shape index (κ3) is 10.8. The normalized spacial score (nSPS) is 15.7. The predicted molar refractivity (Wildman–Crippen MR) is 146 cm³/mol. The molecule has 0 aliphatic heterocycles. The van der Waals surface area contributed by atoms with E-state index in [4.69, 9.17) is 4.79 Å². The highest BCUT2D eigenvalue weighted by Gasteiger charge is 2.21. The summed E-state index contributed by atoms with van der Waals surface area (Å²) in [7, 11) is 0.500. The number of benzene rings is 2. The lowest BCUT2D eigenvalue weighted by Gasteiger charge is -2.26. The number of halogens is 6. The van der Waals surface area contributed by atoms with E-state index >= 15 is 0 Å². The van der Waals surface area contributed by atoms with Crippen molar-refractivity contribution in [3.05, 3.63) is 77.4 Å². The van der Waals surface area contributed by atoms with Gasteiger partial charge in [-0.05, 0) is 74.1 Å². The molecule has 1 amide bonds. The van der Waals surface area contributed by atoms with Gasteiger partial charge in [0.05, 0.1) is 18.4 Å². The lowest BCUT2D eigenvalue weighted by Crippen LogP contribution is -2.40. The number of carbonyl (C=O) groups is 2. The Hall–Kier alpha value is -3.69. The van der Waals surface area contributed by atoms with Crippen LogP contribution in [0.25, 0.3) is 22.2 Å². The Bertz CT molecular complexity index is 1250. The number of aldehydes is 1. The number of aryl methyl sites for hydroxylation is 1. The molecule has 1 aromatic heterocycles. The molecule has 0 spiro atoms. The number of hydrogen-bond acceptors (Lipinski definition) is 3. The second-order valence-electron chi connectivity index (χ2n) is 8.70. The minimum absolute atomic E-state index is 0.00931. The molecule has 4 nitrogen and oxygen atoms in total. The lowest BCUT2D eigenvalue weighted by molar-refractivity contribution is -0.106. The van der Waals surface area contributed by atoms with E-state index in [1.807, 2.05) is 37.3 Å². The van der Waals surface area contributed by atoms with Crippen molar-refractivity contribution in [3.8, 4) is 11.3 Å². The molecule has 3 aromatic rings. The van der Waals surface area contributed by atoms with Crippen LogP contribution >= 0.6 is 0 Å². The van der Waals surface area contributed by atoms with Gasteiger partial charge in [-0.3, -0.25) is 9.18 Å². The molecular formula is C30H34F6N2O2.